The van der Waals surface area contributed by atoms with Crippen molar-refractivity contribution >= 4 is 11.7 Å². The van der Waals surface area contributed by atoms with Crippen LogP contribution in [0.2, 0.25) is 0 Å². The Hall–Kier alpha value is -2.31. The number of aliphatic carboxylic acids is 1. The first-order valence-corrected chi connectivity index (χ1v) is 4.21. The van der Waals surface area contributed by atoms with Gasteiger partial charge in [0.25, 0.3) is 5.69 Å². The van der Waals surface area contributed by atoms with Crippen molar-refractivity contribution in [3.8, 4) is 11.5 Å². The van der Waals surface area contributed by atoms with E-state index in [1.165, 1.54) is 19.2 Å². The van der Waals surface area contributed by atoms with Crippen molar-refractivity contribution in [2.45, 2.75) is 0 Å². The Labute approximate surface area is 90.4 Å². The first-order valence-electron chi connectivity index (χ1n) is 4.21. The van der Waals surface area contributed by atoms with Crippen molar-refractivity contribution < 1.29 is 24.3 Å². The molecule has 16 heavy (non-hydrogen) atoms. The molecule has 0 aromatic heterocycles. The molecule has 0 saturated heterocycles. The minimum absolute atomic E-state index is 0.0269. The molecule has 1 aromatic rings. The van der Waals surface area contributed by atoms with Crippen molar-refractivity contribution in [1.29, 1.82) is 0 Å². The van der Waals surface area contributed by atoms with Crippen LogP contribution in [0.25, 0.3) is 0 Å². The maximum absolute atomic E-state index is 10.5. The van der Waals surface area contributed by atoms with Crippen LogP contribution in [0.3, 0.4) is 0 Å². The first kappa shape index (κ1) is 11.8. The third-order valence-corrected chi connectivity index (χ3v) is 1.71. The number of carboxylic acid groups (broad SMARTS) is 1. The number of rotatable bonds is 5. The number of hydrogen-bond donors (Lipinski definition) is 1. The fourth-order valence-corrected chi connectivity index (χ4v) is 1.03. The fourth-order valence-electron chi connectivity index (χ4n) is 1.03. The average Bonchev–Trinajstić information content (AvgIpc) is 2.25. The molecule has 0 fully saturated rings. The number of carboxylic acids is 1. The molecule has 0 saturated carbocycles. The van der Waals surface area contributed by atoms with Crippen molar-refractivity contribution in [2.75, 3.05) is 13.7 Å². The summed E-state index contributed by atoms with van der Waals surface area (Å²) in [5, 5.41) is 18.9. The molecule has 0 aliphatic carbocycles. The van der Waals surface area contributed by atoms with Crippen molar-refractivity contribution in [1.82, 2.24) is 0 Å². The highest BCUT2D eigenvalue weighted by atomic mass is 16.6. The second kappa shape index (κ2) is 4.96. The Kier molecular flexibility index (Phi) is 3.65. The molecular weight excluding hydrogens is 218 g/mol. The first-order chi connectivity index (χ1) is 7.54. The molecular formula is C9H9NO6. The van der Waals surface area contributed by atoms with Gasteiger partial charge in [0.2, 0.25) is 0 Å². The van der Waals surface area contributed by atoms with Gasteiger partial charge in [-0.15, -0.1) is 0 Å². The van der Waals surface area contributed by atoms with E-state index in [9.17, 15) is 14.9 Å². The second-order valence-corrected chi connectivity index (χ2v) is 2.77. The summed E-state index contributed by atoms with van der Waals surface area (Å²) in [5.74, 6) is -0.903. The van der Waals surface area contributed by atoms with E-state index in [-0.39, 0.29) is 17.2 Å². The molecule has 7 nitrogen and oxygen atoms in total. The van der Waals surface area contributed by atoms with Gasteiger partial charge in [-0.1, -0.05) is 0 Å². The van der Waals surface area contributed by atoms with Gasteiger partial charge in [-0.2, -0.15) is 0 Å². The van der Waals surface area contributed by atoms with E-state index >= 15 is 0 Å². The standard InChI is InChI=1S/C9H9NO6/c1-15-7-3-2-6(10(13)14)4-8(7)16-5-9(11)12/h2-4H,5H2,1H3,(H,11,12). The molecule has 0 spiro atoms. The highest BCUT2D eigenvalue weighted by Gasteiger charge is 2.13. The summed E-state index contributed by atoms with van der Waals surface area (Å²) in [7, 11) is 1.36. The number of benzene rings is 1. The van der Waals surface area contributed by atoms with Gasteiger partial charge in [-0.25, -0.2) is 4.79 Å². The Balaban J connectivity index is 2.97. The van der Waals surface area contributed by atoms with Crippen LogP contribution in [0.4, 0.5) is 5.69 Å². The number of non-ortho nitro benzene ring substituents is 1. The van der Waals surface area contributed by atoms with Gasteiger partial charge in [-0.3, -0.25) is 10.1 Å². The lowest BCUT2D eigenvalue weighted by Crippen LogP contribution is -2.10. The highest BCUT2D eigenvalue weighted by molar-refractivity contribution is 5.68. The second-order valence-electron chi connectivity index (χ2n) is 2.77. The van der Waals surface area contributed by atoms with Crippen LogP contribution in [-0.4, -0.2) is 29.7 Å². The molecule has 0 bridgehead atoms. The summed E-state index contributed by atoms with van der Waals surface area (Å²) in [6.07, 6.45) is 0. The van der Waals surface area contributed by atoms with E-state index in [1.54, 1.807) is 0 Å². The average molecular weight is 227 g/mol. The quantitative estimate of drug-likeness (QED) is 0.596. The van der Waals surface area contributed by atoms with E-state index in [0.717, 1.165) is 6.07 Å². The predicted octanol–water partition coefficient (Wildman–Crippen LogP) is 1.07. The zero-order valence-electron chi connectivity index (χ0n) is 8.37. The van der Waals surface area contributed by atoms with E-state index < -0.39 is 17.5 Å². The van der Waals surface area contributed by atoms with Crippen LogP contribution in [0, 0.1) is 10.1 Å². The van der Waals surface area contributed by atoms with Crippen molar-refractivity contribution in [3.63, 3.8) is 0 Å². The molecule has 0 amide bonds. The number of nitro groups is 1. The van der Waals surface area contributed by atoms with Crippen LogP contribution in [-0.2, 0) is 4.79 Å². The van der Waals surface area contributed by atoms with Crippen LogP contribution in [0.5, 0.6) is 11.5 Å². The fraction of sp³-hybridized carbons (Fsp3) is 0.222. The third-order valence-electron chi connectivity index (χ3n) is 1.71. The van der Waals surface area contributed by atoms with Crippen LogP contribution < -0.4 is 9.47 Å². The lowest BCUT2D eigenvalue weighted by atomic mass is 10.3. The molecule has 0 radical (unpaired) electrons. The molecule has 0 unspecified atom stereocenters. The summed E-state index contributed by atoms with van der Waals surface area (Å²) in [5.41, 5.74) is -0.193. The minimum atomic E-state index is -1.17. The van der Waals surface area contributed by atoms with Crippen molar-refractivity contribution in [3.05, 3.63) is 28.3 Å². The molecule has 0 aliphatic rings. The van der Waals surface area contributed by atoms with Gasteiger partial charge < -0.3 is 14.6 Å². The summed E-state index contributed by atoms with van der Waals surface area (Å²) >= 11 is 0. The topological polar surface area (TPSA) is 98.9 Å². The van der Waals surface area contributed by atoms with Crippen LogP contribution in [0.15, 0.2) is 18.2 Å². The third kappa shape index (κ3) is 2.84. The van der Waals surface area contributed by atoms with E-state index in [1.807, 2.05) is 0 Å². The number of nitro benzene ring substituents is 1. The zero-order valence-corrected chi connectivity index (χ0v) is 8.37. The maximum atomic E-state index is 10.5. The SMILES string of the molecule is COc1ccc([N+](=O)[O-])cc1OCC(=O)O. The van der Waals surface area contributed by atoms with Gasteiger partial charge in [-0.05, 0) is 6.07 Å². The number of nitrogens with zero attached hydrogens (tertiary/aromatic N) is 1. The summed E-state index contributed by atoms with van der Waals surface area (Å²) in [4.78, 5) is 20.2. The van der Waals surface area contributed by atoms with E-state index in [4.69, 9.17) is 14.6 Å². The normalized spacial score (nSPS) is 9.56. The van der Waals surface area contributed by atoms with E-state index in [0.29, 0.717) is 0 Å². The van der Waals surface area contributed by atoms with Crippen LogP contribution in [0.1, 0.15) is 0 Å². The summed E-state index contributed by atoms with van der Waals surface area (Å²) in [6.45, 7) is -0.586. The monoisotopic (exact) mass is 227 g/mol. The Bertz CT molecular complexity index is 416. The molecule has 0 atom stereocenters. The minimum Gasteiger partial charge on any atom is -0.493 e. The smallest absolute Gasteiger partial charge is 0.341 e. The van der Waals surface area contributed by atoms with Gasteiger partial charge in [0.15, 0.2) is 18.1 Å². The lowest BCUT2D eigenvalue weighted by Gasteiger charge is -2.08. The summed E-state index contributed by atoms with van der Waals surface area (Å²) in [6, 6.07) is 3.70. The zero-order chi connectivity index (χ0) is 12.1. The van der Waals surface area contributed by atoms with Gasteiger partial charge in [0.1, 0.15) is 0 Å². The maximum Gasteiger partial charge on any atom is 0.341 e. The van der Waals surface area contributed by atoms with Crippen molar-refractivity contribution in [2.24, 2.45) is 0 Å². The Morgan fingerprint density at radius 3 is 2.69 bits per heavy atom. The van der Waals surface area contributed by atoms with Gasteiger partial charge >= 0.3 is 5.97 Å². The Morgan fingerprint density at radius 2 is 2.19 bits per heavy atom. The predicted molar refractivity (Wildman–Crippen MR) is 52.8 cm³/mol. The largest absolute Gasteiger partial charge is 0.493 e. The molecule has 0 aliphatic heterocycles. The Morgan fingerprint density at radius 1 is 1.50 bits per heavy atom. The molecule has 7 heteroatoms. The summed E-state index contributed by atoms with van der Waals surface area (Å²) < 4.78 is 9.72. The molecule has 1 rings (SSSR count). The number of ether oxygens (including phenoxy) is 2. The molecule has 1 N–H and O–H groups in total. The molecule has 0 heterocycles. The van der Waals surface area contributed by atoms with E-state index in [2.05, 4.69) is 0 Å². The molecule has 1 aromatic carbocycles. The van der Waals surface area contributed by atoms with Crippen LogP contribution >= 0.6 is 0 Å². The number of methoxy groups -OCH3 is 1. The molecule has 86 valence electrons. The highest BCUT2D eigenvalue weighted by Crippen LogP contribution is 2.30. The van der Waals surface area contributed by atoms with Gasteiger partial charge in [0, 0.05) is 6.07 Å². The lowest BCUT2D eigenvalue weighted by molar-refractivity contribution is -0.385. The van der Waals surface area contributed by atoms with Gasteiger partial charge in [0.05, 0.1) is 18.1 Å². The number of carbonyl (C=O) groups is 1. The number of hydrogen-bond acceptors (Lipinski definition) is 5.